The first kappa shape index (κ1) is 16.7. The molecule has 0 heterocycles. The first-order chi connectivity index (χ1) is 11.1. The van der Waals surface area contributed by atoms with E-state index in [1.165, 1.54) is 12.1 Å². The lowest BCUT2D eigenvalue weighted by molar-refractivity contribution is -0.121. The fourth-order valence-electron chi connectivity index (χ4n) is 1.70. The molecule has 0 aliphatic carbocycles. The third kappa shape index (κ3) is 5.23. The number of hydrogen-bond acceptors (Lipinski definition) is 4. The summed E-state index contributed by atoms with van der Waals surface area (Å²) in [7, 11) is 1.56. The predicted molar refractivity (Wildman–Crippen MR) is 89.3 cm³/mol. The van der Waals surface area contributed by atoms with Gasteiger partial charge in [0, 0.05) is 0 Å². The van der Waals surface area contributed by atoms with Crippen molar-refractivity contribution in [3.63, 3.8) is 0 Å². The van der Waals surface area contributed by atoms with Gasteiger partial charge in [0.25, 0.3) is 5.91 Å². The summed E-state index contributed by atoms with van der Waals surface area (Å²) in [5.41, 5.74) is 0.189. The van der Waals surface area contributed by atoms with E-state index in [9.17, 15) is 9.18 Å². The first-order valence-electron chi connectivity index (χ1n) is 6.70. The highest BCUT2D eigenvalue weighted by atomic mass is 32.1. The fraction of sp³-hybridized carbons (Fsp3) is 0.125. The molecule has 0 unspecified atom stereocenters. The molecule has 0 radical (unpaired) electrons. The van der Waals surface area contributed by atoms with Crippen molar-refractivity contribution in [3.8, 4) is 11.5 Å². The maximum Gasteiger partial charge on any atom is 0.264 e. The smallest absolute Gasteiger partial charge is 0.264 e. The third-order valence-electron chi connectivity index (χ3n) is 2.80. The number of benzene rings is 2. The van der Waals surface area contributed by atoms with E-state index in [-0.39, 0.29) is 17.4 Å². The molecule has 0 fully saturated rings. The van der Waals surface area contributed by atoms with Crippen LogP contribution >= 0.6 is 12.2 Å². The van der Waals surface area contributed by atoms with E-state index in [1.807, 2.05) is 0 Å². The number of methoxy groups -OCH3 is 1. The van der Waals surface area contributed by atoms with Crippen LogP contribution in [0.1, 0.15) is 0 Å². The number of rotatable bonds is 5. The van der Waals surface area contributed by atoms with Gasteiger partial charge in [0.1, 0.15) is 17.3 Å². The molecule has 2 aromatic carbocycles. The van der Waals surface area contributed by atoms with Crippen molar-refractivity contribution in [2.24, 2.45) is 0 Å². The predicted octanol–water partition coefficient (Wildman–Crippen LogP) is 2.73. The van der Waals surface area contributed by atoms with Crippen molar-refractivity contribution < 1.29 is 18.7 Å². The van der Waals surface area contributed by atoms with Crippen LogP contribution < -0.4 is 20.1 Å². The molecule has 5 nitrogen and oxygen atoms in total. The van der Waals surface area contributed by atoms with Crippen molar-refractivity contribution in [1.82, 2.24) is 5.32 Å². The Morgan fingerprint density at radius 1 is 1.13 bits per heavy atom. The quantitative estimate of drug-likeness (QED) is 0.824. The maximum atomic E-state index is 13.4. The van der Waals surface area contributed by atoms with Crippen molar-refractivity contribution in [2.75, 3.05) is 19.0 Å². The molecule has 0 saturated carbocycles. The maximum absolute atomic E-state index is 13.4. The number of carbonyl (C=O) groups is 1. The second-order valence-electron chi connectivity index (χ2n) is 4.45. The van der Waals surface area contributed by atoms with Gasteiger partial charge in [-0.3, -0.25) is 10.1 Å². The number of amides is 1. The van der Waals surface area contributed by atoms with Crippen LogP contribution in [0.25, 0.3) is 0 Å². The normalized spacial score (nSPS) is 9.83. The van der Waals surface area contributed by atoms with Crippen LogP contribution in [0.4, 0.5) is 10.1 Å². The zero-order valence-corrected chi connectivity index (χ0v) is 13.2. The molecule has 0 saturated heterocycles. The second kappa shape index (κ2) is 8.09. The number of halogens is 1. The highest BCUT2D eigenvalue weighted by Crippen LogP contribution is 2.16. The van der Waals surface area contributed by atoms with E-state index in [4.69, 9.17) is 21.7 Å². The molecule has 0 spiro atoms. The second-order valence-corrected chi connectivity index (χ2v) is 4.85. The van der Waals surface area contributed by atoms with E-state index in [0.717, 1.165) is 0 Å². The van der Waals surface area contributed by atoms with Gasteiger partial charge in [-0.05, 0) is 48.6 Å². The summed E-state index contributed by atoms with van der Waals surface area (Å²) in [6, 6.07) is 12.8. The number of ether oxygens (including phenoxy) is 2. The summed E-state index contributed by atoms with van der Waals surface area (Å²) >= 11 is 4.95. The minimum atomic E-state index is -0.460. The highest BCUT2D eigenvalue weighted by Gasteiger charge is 2.08. The first-order valence-corrected chi connectivity index (χ1v) is 7.11. The number of anilines is 1. The Hall–Kier alpha value is -2.67. The molecule has 7 heteroatoms. The zero-order chi connectivity index (χ0) is 16.7. The molecule has 23 heavy (non-hydrogen) atoms. The van der Waals surface area contributed by atoms with Crippen molar-refractivity contribution in [2.45, 2.75) is 0 Å². The Morgan fingerprint density at radius 3 is 2.43 bits per heavy atom. The van der Waals surface area contributed by atoms with Crippen molar-refractivity contribution in [3.05, 3.63) is 54.3 Å². The number of thiocarbonyl (C=S) groups is 1. The number of para-hydroxylation sites is 1. The van der Waals surface area contributed by atoms with Crippen LogP contribution in [-0.2, 0) is 4.79 Å². The SMILES string of the molecule is COc1ccc(OCC(=O)NC(=S)Nc2ccccc2F)cc1. The van der Waals surface area contributed by atoms with E-state index in [2.05, 4.69) is 10.6 Å². The van der Waals surface area contributed by atoms with Gasteiger partial charge in [0.2, 0.25) is 0 Å². The number of nitrogens with one attached hydrogen (secondary N) is 2. The van der Waals surface area contributed by atoms with Crippen LogP contribution in [0.15, 0.2) is 48.5 Å². The topological polar surface area (TPSA) is 59.6 Å². The molecule has 2 rings (SSSR count). The Balaban J connectivity index is 1.79. The van der Waals surface area contributed by atoms with Gasteiger partial charge < -0.3 is 14.8 Å². The third-order valence-corrected chi connectivity index (χ3v) is 3.01. The van der Waals surface area contributed by atoms with E-state index >= 15 is 0 Å². The summed E-state index contributed by atoms with van der Waals surface area (Å²) in [6.45, 7) is -0.217. The van der Waals surface area contributed by atoms with Crippen LogP contribution in [0.2, 0.25) is 0 Å². The molecule has 1 amide bonds. The fourth-order valence-corrected chi connectivity index (χ4v) is 1.92. The summed E-state index contributed by atoms with van der Waals surface area (Å²) < 4.78 is 23.8. The molecule has 120 valence electrons. The van der Waals surface area contributed by atoms with Crippen molar-refractivity contribution >= 4 is 28.9 Å². The summed E-state index contributed by atoms with van der Waals surface area (Å²) in [5, 5.41) is 5.02. The van der Waals surface area contributed by atoms with Gasteiger partial charge in [-0.2, -0.15) is 0 Å². The number of hydrogen-bond donors (Lipinski definition) is 2. The van der Waals surface area contributed by atoms with Gasteiger partial charge in [0.15, 0.2) is 11.7 Å². The molecule has 0 bridgehead atoms. The zero-order valence-electron chi connectivity index (χ0n) is 12.3. The standard InChI is InChI=1S/C16H15FN2O3S/c1-21-11-6-8-12(9-7-11)22-10-15(20)19-16(23)18-14-5-3-2-4-13(14)17/h2-9H,10H2,1H3,(H2,18,19,20,23). The van der Waals surface area contributed by atoms with Crippen LogP contribution in [-0.4, -0.2) is 24.7 Å². The van der Waals surface area contributed by atoms with Gasteiger partial charge in [0.05, 0.1) is 12.8 Å². The Labute approximate surface area is 138 Å². The minimum Gasteiger partial charge on any atom is -0.497 e. The molecule has 2 aromatic rings. The van der Waals surface area contributed by atoms with Crippen molar-refractivity contribution in [1.29, 1.82) is 0 Å². The molecule has 2 N–H and O–H groups in total. The lowest BCUT2D eigenvalue weighted by Crippen LogP contribution is -2.37. The van der Waals surface area contributed by atoms with Gasteiger partial charge >= 0.3 is 0 Å². The van der Waals surface area contributed by atoms with E-state index in [1.54, 1.807) is 43.5 Å². The summed E-state index contributed by atoms with van der Waals surface area (Å²) in [6.07, 6.45) is 0. The minimum absolute atomic E-state index is 0.00145. The lowest BCUT2D eigenvalue weighted by atomic mass is 10.3. The lowest BCUT2D eigenvalue weighted by Gasteiger charge is -2.11. The van der Waals surface area contributed by atoms with Crippen LogP contribution in [0.3, 0.4) is 0 Å². The van der Waals surface area contributed by atoms with E-state index in [0.29, 0.717) is 11.5 Å². The Morgan fingerprint density at radius 2 is 1.78 bits per heavy atom. The monoisotopic (exact) mass is 334 g/mol. The highest BCUT2D eigenvalue weighted by molar-refractivity contribution is 7.80. The molecule has 0 aliphatic rings. The van der Waals surface area contributed by atoms with Gasteiger partial charge in [-0.15, -0.1) is 0 Å². The van der Waals surface area contributed by atoms with E-state index < -0.39 is 11.7 Å². The summed E-state index contributed by atoms with van der Waals surface area (Å²) in [5.74, 6) is 0.305. The van der Waals surface area contributed by atoms with Crippen LogP contribution in [0, 0.1) is 5.82 Å². The average molecular weight is 334 g/mol. The summed E-state index contributed by atoms with van der Waals surface area (Å²) in [4.78, 5) is 11.7. The Bertz CT molecular complexity index is 692. The molecule has 0 aromatic heterocycles. The largest absolute Gasteiger partial charge is 0.497 e. The molecular weight excluding hydrogens is 319 g/mol. The molecule has 0 aliphatic heterocycles. The molecular formula is C16H15FN2O3S. The Kier molecular flexibility index (Phi) is 5.87. The molecule has 0 atom stereocenters. The average Bonchev–Trinajstić information content (AvgIpc) is 2.55. The van der Waals surface area contributed by atoms with Gasteiger partial charge in [-0.1, -0.05) is 12.1 Å². The van der Waals surface area contributed by atoms with Gasteiger partial charge in [-0.25, -0.2) is 4.39 Å². The number of carbonyl (C=O) groups excluding carboxylic acids is 1. The van der Waals surface area contributed by atoms with Crippen LogP contribution in [0.5, 0.6) is 11.5 Å².